The number of benzene rings is 2. The van der Waals surface area contributed by atoms with Crippen LogP contribution in [0.5, 0.6) is 5.75 Å². The second kappa shape index (κ2) is 8.44. The van der Waals surface area contributed by atoms with Crippen molar-refractivity contribution in [1.82, 2.24) is 0 Å². The van der Waals surface area contributed by atoms with E-state index < -0.39 is 29.0 Å². The number of rotatable bonds is 8. The van der Waals surface area contributed by atoms with Crippen LogP contribution in [-0.4, -0.2) is 31.6 Å². The van der Waals surface area contributed by atoms with Crippen LogP contribution in [0.1, 0.15) is 43.2 Å². The van der Waals surface area contributed by atoms with Crippen molar-refractivity contribution in [3.63, 3.8) is 0 Å². The third-order valence-electron chi connectivity index (χ3n) is 4.91. The summed E-state index contributed by atoms with van der Waals surface area (Å²) in [5.74, 6) is -1.65. The van der Waals surface area contributed by atoms with Gasteiger partial charge < -0.3 is 20.5 Å². The van der Waals surface area contributed by atoms with E-state index in [0.717, 1.165) is 12.0 Å². The Labute approximate surface area is 169 Å². The summed E-state index contributed by atoms with van der Waals surface area (Å²) in [6, 6.07) is 8.51. The molecule has 1 unspecified atom stereocenters. The minimum absolute atomic E-state index is 0.132. The van der Waals surface area contributed by atoms with E-state index in [4.69, 9.17) is 10.4 Å². The molecular weight excluding hydrogens is 395 g/mol. The molecule has 1 heterocycles. The maximum atomic E-state index is 13.1. The molecule has 154 valence electrons. The smallest absolute Gasteiger partial charge is 0.491 e. The molecule has 0 aromatic heterocycles. The number of phenols is 1. The standard InChI is InChI=1S/C19H23BN2O6S/c1-2-3-4-15(19(21)24)16-10-14(23)7-8-18(16)29(26,27)22-13-6-5-12-11-28-20(25)17(12)9-13/h5-10,15,22-23,25H,2-4,11H2,1H3,(H2,21,24). The average Bonchev–Trinajstić information content (AvgIpc) is 3.02. The van der Waals surface area contributed by atoms with Crippen LogP contribution in [0.2, 0.25) is 0 Å². The van der Waals surface area contributed by atoms with E-state index in [1.165, 1.54) is 24.3 Å². The second-order valence-corrected chi connectivity index (χ2v) is 8.65. The number of carbonyl (C=O) groups excluding carboxylic acids is 1. The van der Waals surface area contributed by atoms with Crippen LogP contribution in [-0.2, 0) is 26.1 Å². The molecule has 1 aliphatic heterocycles. The van der Waals surface area contributed by atoms with Crippen LogP contribution in [0.15, 0.2) is 41.3 Å². The minimum atomic E-state index is -4.09. The normalized spacial score (nSPS) is 14.5. The molecule has 3 rings (SSSR count). The Morgan fingerprint density at radius 3 is 2.76 bits per heavy atom. The summed E-state index contributed by atoms with van der Waals surface area (Å²) < 4.78 is 33.7. The molecule has 2 aromatic carbocycles. The third kappa shape index (κ3) is 4.55. The zero-order valence-electron chi connectivity index (χ0n) is 16.0. The Hall–Kier alpha value is -2.56. The molecule has 0 saturated heterocycles. The van der Waals surface area contributed by atoms with Gasteiger partial charge in [-0.05, 0) is 53.3 Å². The van der Waals surface area contributed by atoms with Gasteiger partial charge in [-0.25, -0.2) is 8.42 Å². The Bertz CT molecular complexity index is 1030. The van der Waals surface area contributed by atoms with Crippen molar-refractivity contribution in [1.29, 1.82) is 0 Å². The fourth-order valence-corrected chi connectivity index (χ4v) is 4.71. The van der Waals surface area contributed by atoms with E-state index in [1.54, 1.807) is 12.1 Å². The lowest BCUT2D eigenvalue weighted by atomic mass is 9.79. The average molecular weight is 418 g/mol. The lowest BCUT2D eigenvalue weighted by Gasteiger charge is -2.19. The lowest BCUT2D eigenvalue weighted by Crippen LogP contribution is -2.29. The summed E-state index contributed by atoms with van der Waals surface area (Å²) >= 11 is 0. The molecule has 0 bridgehead atoms. The van der Waals surface area contributed by atoms with Crippen molar-refractivity contribution >= 4 is 34.2 Å². The van der Waals surface area contributed by atoms with Crippen LogP contribution < -0.4 is 15.9 Å². The first-order valence-corrected chi connectivity index (χ1v) is 10.8. The fraction of sp³-hybridized carbons (Fsp3) is 0.316. The number of amides is 1. The number of hydrogen-bond donors (Lipinski definition) is 4. The number of primary amides is 1. The maximum absolute atomic E-state index is 13.1. The van der Waals surface area contributed by atoms with E-state index in [0.29, 0.717) is 18.3 Å². The predicted molar refractivity (Wildman–Crippen MR) is 109 cm³/mol. The molecule has 1 aliphatic rings. The highest BCUT2D eigenvalue weighted by Gasteiger charge is 2.30. The zero-order chi connectivity index (χ0) is 21.2. The number of unbranched alkanes of at least 4 members (excludes halogenated alkanes) is 1. The molecular formula is C19H23BN2O6S. The van der Waals surface area contributed by atoms with Crippen LogP contribution in [0.4, 0.5) is 5.69 Å². The number of nitrogens with one attached hydrogen (secondary N) is 1. The summed E-state index contributed by atoms with van der Waals surface area (Å²) in [6.45, 7) is 2.20. The van der Waals surface area contributed by atoms with Crippen molar-refractivity contribution in [3.05, 3.63) is 47.5 Å². The predicted octanol–water partition coefficient (Wildman–Crippen LogP) is 1.17. The van der Waals surface area contributed by atoms with Gasteiger partial charge in [0.05, 0.1) is 17.4 Å². The first kappa shape index (κ1) is 21.2. The van der Waals surface area contributed by atoms with Gasteiger partial charge in [-0.3, -0.25) is 9.52 Å². The highest BCUT2D eigenvalue weighted by atomic mass is 32.2. The summed E-state index contributed by atoms with van der Waals surface area (Å²) in [5.41, 5.74) is 7.20. The van der Waals surface area contributed by atoms with Crippen molar-refractivity contribution in [3.8, 4) is 5.75 Å². The van der Waals surface area contributed by atoms with Gasteiger partial charge in [0.25, 0.3) is 10.0 Å². The second-order valence-electron chi connectivity index (χ2n) is 7.00. The summed E-state index contributed by atoms with van der Waals surface area (Å²) in [4.78, 5) is 11.9. The van der Waals surface area contributed by atoms with Gasteiger partial charge in [0.15, 0.2) is 0 Å². The van der Waals surface area contributed by atoms with Gasteiger partial charge >= 0.3 is 7.12 Å². The van der Waals surface area contributed by atoms with E-state index in [1.807, 2.05) is 6.92 Å². The number of aromatic hydroxyl groups is 1. The fourth-order valence-electron chi connectivity index (χ4n) is 3.40. The number of anilines is 1. The van der Waals surface area contributed by atoms with Crippen molar-refractivity contribution < 1.29 is 28.0 Å². The van der Waals surface area contributed by atoms with Gasteiger partial charge in [-0.15, -0.1) is 0 Å². The van der Waals surface area contributed by atoms with Gasteiger partial charge in [-0.1, -0.05) is 25.8 Å². The molecule has 0 spiro atoms. The molecule has 10 heteroatoms. The molecule has 5 N–H and O–H groups in total. The summed E-state index contributed by atoms with van der Waals surface area (Å²) in [7, 11) is -5.20. The van der Waals surface area contributed by atoms with Crippen LogP contribution in [0.25, 0.3) is 0 Å². The minimum Gasteiger partial charge on any atom is -0.508 e. The SMILES string of the molecule is CCCCC(C(N)=O)c1cc(O)ccc1S(=O)(=O)Nc1ccc2c(c1)B(O)OC2. The highest BCUT2D eigenvalue weighted by Crippen LogP contribution is 2.32. The van der Waals surface area contributed by atoms with Gasteiger partial charge in [0.2, 0.25) is 5.91 Å². The highest BCUT2D eigenvalue weighted by molar-refractivity contribution is 7.92. The Kier molecular flexibility index (Phi) is 6.16. The van der Waals surface area contributed by atoms with E-state index in [-0.39, 0.29) is 28.5 Å². The van der Waals surface area contributed by atoms with Gasteiger partial charge in [-0.2, -0.15) is 0 Å². The monoisotopic (exact) mass is 418 g/mol. The summed E-state index contributed by atoms with van der Waals surface area (Å²) in [6.07, 6.45) is 1.86. The van der Waals surface area contributed by atoms with Crippen LogP contribution in [0, 0.1) is 0 Å². The molecule has 0 saturated carbocycles. The number of carbonyl (C=O) groups is 1. The van der Waals surface area contributed by atoms with Crippen LogP contribution in [0.3, 0.4) is 0 Å². The molecule has 8 nitrogen and oxygen atoms in total. The van der Waals surface area contributed by atoms with Crippen molar-refractivity contribution in [2.24, 2.45) is 5.73 Å². The zero-order valence-corrected chi connectivity index (χ0v) is 16.8. The van der Waals surface area contributed by atoms with E-state index in [9.17, 15) is 23.3 Å². The van der Waals surface area contributed by atoms with E-state index >= 15 is 0 Å². The van der Waals surface area contributed by atoms with Gasteiger partial charge in [0, 0.05) is 5.69 Å². The Morgan fingerprint density at radius 2 is 2.07 bits per heavy atom. The molecule has 1 atom stereocenters. The van der Waals surface area contributed by atoms with Crippen molar-refractivity contribution in [2.75, 3.05) is 4.72 Å². The molecule has 0 aliphatic carbocycles. The number of fused-ring (bicyclic) bond motifs is 1. The number of phenolic OH excluding ortho intramolecular Hbond substituents is 1. The Balaban J connectivity index is 1.99. The number of sulfonamides is 1. The van der Waals surface area contributed by atoms with Gasteiger partial charge in [0.1, 0.15) is 5.75 Å². The number of nitrogens with two attached hydrogens (primary N) is 1. The first-order valence-electron chi connectivity index (χ1n) is 9.30. The lowest BCUT2D eigenvalue weighted by molar-refractivity contribution is -0.119. The molecule has 0 fully saturated rings. The van der Waals surface area contributed by atoms with E-state index in [2.05, 4.69) is 4.72 Å². The molecule has 29 heavy (non-hydrogen) atoms. The topological polar surface area (TPSA) is 139 Å². The largest absolute Gasteiger partial charge is 0.508 e. The summed E-state index contributed by atoms with van der Waals surface area (Å²) in [5, 5.41) is 19.7. The molecule has 1 amide bonds. The van der Waals surface area contributed by atoms with Crippen molar-refractivity contribution in [2.45, 2.75) is 43.6 Å². The molecule has 2 aromatic rings. The third-order valence-corrected chi connectivity index (χ3v) is 6.36. The quantitative estimate of drug-likeness (QED) is 0.475. The number of hydrogen-bond acceptors (Lipinski definition) is 6. The van der Waals surface area contributed by atoms with Crippen LogP contribution >= 0.6 is 0 Å². The Morgan fingerprint density at radius 1 is 1.31 bits per heavy atom. The maximum Gasteiger partial charge on any atom is 0.491 e. The molecule has 0 radical (unpaired) electrons. The first-order chi connectivity index (χ1) is 13.7.